The highest BCUT2D eigenvalue weighted by molar-refractivity contribution is 5.33. The van der Waals surface area contributed by atoms with Crippen molar-refractivity contribution >= 4 is 0 Å². The molecule has 0 radical (unpaired) electrons. The van der Waals surface area contributed by atoms with Gasteiger partial charge in [-0.25, -0.2) is 4.39 Å². The van der Waals surface area contributed by atoms with E-state index >= 15 is 0 Å². The predicted molar refractivity (Wildman–Crippen MR) is 69.3 cm³/mol. The highest BCUT2D eigenvalue weighted by Crippen LogP contribution is 2.38. The van der Waals surface area contributed by atoms with E-state index in [9.17, 15) is 4.39 Å². The Balaban J connectivity index is 1.83. The fourth-order valence-corrected chi connectivity index (χ4v) is 3.13. The molecule has 18 heavy (non-hydrogen) atoms. The number of aryl methyl sites for hydroxylation is 1. The van der Waals surface area contributed by atoms with Gasteiger partial charge in [0.25, 0.3) is 0 Å². The van der Waals surface area contributed by atoms with E-state index in [4.69, 9.17) is 4.74 Å². The Hall–Kier alpha value is -0.930. The highest BCUT2D eigenvalue weighted by atomic mass is 19.1. The molecule has 0 spiro atoms. The normalized spacial score (nSPS) is 26.0. The Bertz CT molecular complexity index is 436. The van der Waals surface area contributed by atoms with Crippen LogP contribution in [0.1, 0.15) is 30.4 Å². The molecule has 1 aromatic rings. The van der Waals surface area contributed by atoms with Gasteiger partial charge in [0, 0.05) is 11.5 Å². The molecule has 0 aromatic heterocycles. The molecule has 1 aromatic carbocycles. The molecule has 2 fully saturated rings. The SMILES string of the molecule is Cc1cc(C2(CC3CCCN3)COC2)ccc1F. The van der Waals surface area contributed by atoms with Gasteiger partial charge in [-0.05, 0) is 49.9 Å². The van der Waals surface area contributed by atoms with Crippen molar-refractivity contribution in [3.05, 3.63) is 35.1 Å². The van der Waals surface area contributed by atoms with E-state index in [1.165, 1.54) is 18.4 Å². The molecule has 2 aliphatic heterocycles. The fourth-order valence-electron chi connectivity index (χ4n) is 3.13. The third-order valence-electron chi connectivity index (χ3n) is 4.33. The molecule has 2 heterocycles. The van der Waals surface area contributed by atoms with Crippen LogP contribution in [0.3, 0.4) is 0 Å². The molecule has 2 nitrogen and oxygen atoms in total. The Morgan fingerprint density at radius 1 is 1.44 bits per heavy atom. The van der Waals surface area contributed by atoms with Gasteiger partial charge in [-0.1, -0.05) is 12.1 Å². The number of hydrogen-bond donors (Lipinski definition) is 1. The minimum atomic E-state index is -0.117. The lowest BCUT2D eigenvalue weighted by Crippen LogP contribution is -2.50. The zero-order chi connectivity index (χ0) is 12.6. The van der Waals surface area contributed by atoms with Crippen molar-refractivity contribution in [2.24, 2.45) is 0 Å². The van der Waals surface area contributed by atoms with E-state index in [0.29, 0.717) is 6.04 Å². The zero-order valence-corrected chi connectivity index (χ0v) is 10.8. The van der Waals surface area contributed by atoms with Crippen LogP contribution < -0.4 is 5.32 Å². The van der Waals surface area contributed by atoms with Crippen molar-refractivity contribution in [2.45, 2.75) is 37.6 Å². The molecule has 3 heteroatoms. The summed E-state index contributed by atoms with van der Waals surface area (Å²) in [6.07, 6.45) is 3.63. The molecule has 0 amide bonds. The van der Waals surface area contributed by atoms with E-state index in [-0.39, 0.29) is 11.2 Å². The summed E-state index contributed by atoms with van der Waals surface area (Å²) < 4.78 is 18.8. The minimum Gasteiger partial charge on any atom is -0.379 e. The molecule has 0 bridgehead atoms. The lowest BCUT2D eigenvalue weighted by Gasteiger charge is -2.44. The molecule has 2 aliphatic rings. The molecular formula is C15H20FNO. The topological polar surface area (TPSA) is 21.3 Å². The van der Waals surface area contributed by atoms with Gasteiger partial charge < -0.3 is 10.1 Å². The summed E-state index contributed by atoms with van der Waals surface area (Å²) in [7, 11) is 0. The van der Waals surface area contributed by atoms with Gasteiger partial charge in [0.15, 0.2) is 0 Å². The second kappa shape index (κ2) is 4.63. The number of hydrogen-bond acceptors (Lipinski definition) is 2. The molecule has 2 saturated heterocycles. The average Bonchev–Trinajstić information content (AvgIpc) is 2.80. The minimum absolute atomic E-state index is 0.112. The number of benzene rings is 1. The van der Waals surface area contributed by atoms with Crippen LogP contribution in [0.15, 0.2) is 18.2 Å². The molecule has 1 unspecified atom stereocenters. The summed E-state index contributed by atoms with van der Waals surface area (Å²) in [6.45, 7) is 4.51. The van der Waals surface area contributed by atoms with Gasteiger partial charge in [0.1, 0.15) is 5.82 Å². The summed E-state index contributed by atoms with van der Waals surface area (Å²) in [5.74, 6) is -0.117. The van der Waals surface area contributed by atoms with Gasteiger partial charge in [-0.2, -0.15) is 0 Å². The third-order valence-corrected chi connectivity index (χ3v) is 4.33. The van der Waals surface area contributed by atoms with Crippen molar-refractivity contribution < 1.29 is 9.13 Å². The van der Waals surface area contributed by atoms with Gasteiger partial charge in [-0.15, -0.1) is 0 Å². The summed E-state index contributed by atoms with van der Waals surface area (Å²) in [4.78, 5) is 0. The van der Waals surface area contributed by atoms with E-state index < -0.39 is 0 Å². The average molecular weight is 249 g/mol. The van der Waals surface area contributed by atoms with E-state index in [2.05, 4.69) is 5.32 Å². The maximum absolute atomic E-state index is 13.4. The van der Waals surface area contributed by atoms with Crippen molar-refractivity contribution in [3.8, 4) is 0 Å². The van der Waals surface area contributed by atoms with E-state index in [1.807, 2.05) is 19.1 Å². The summed E-state index contributed by atoms with van der Waals surface area (Å²) in [5, 5.41) is 3.55. The monoisotopic (exact) mass is 249 g/mol. The smallest absolute Gasteiger partial charge is 0.126 e. The Labute approximate surface area is 108 Å². The first kappa shape index (κ1) is 12.1. The first-order valence-electron chi connectivity index (χ1n) is 6.77. The summed E-state index contributed by atoms with van der Waals surface area (Å²) in [6, 6.07) is 6.11. The lowest BCUT2D eigenvalue weighted by molar-refractivity contribution is -0.0679. The van der Waals surface area contributed by atoms with Crippen LogP contribution in [0.5, 0.6) is 0 Å². The quantitative estimate of drug-likeness (QED) is 0.889. The first-order valence-corrected chi connectivity index (χ1v) is 6.77. The molecule has 3 rings (SSSR count). The third kappa shape index (κ3) is 2.06. The molecule has 0 saturated carbocycles. The van der Waals surface area contributed by atoms with Crippen LogP contribution in [0.4, 0.5) is 4.39 Å². The van der Waals surface area contributed by atoms with E-state index in [0.717, 1.165) is 31.7 Å². The van der Waals surface area contributed by atoms with Crippen LogP contribution in [-0.2, 0) is 10.2 Å². The number of rotatable bonds is 3. The Morgan fingerprint density at radius 3 is 2.83 bits per heavy atom. The second-order valence-electron chi connectivity index (χ2n) is 5.73. The maximum atomic E-state index is 13.4. The molecule has 0 aliphatic carbocycles. The molecule has 1 N–H and O–H groups in total. The van der Waals surface area contributed by atoms with Crippen molar-refractivity contribution in [1.82, 2.24) is 5.32 Å². The van der Waals surface area contributed by atoms with Crippen molar-refractivity contribution in [3.63, 3.8) is 0 Å². The van der Waals surface area contributed by atoms with Crippen LogP contribution in [0, 0.1) is 12.7 Å². The van der Waals surface area contributed by atoms with Gasteiger partial charge in [0.05, 0.1) is 13.2 Å². The zero-order valence-electron chi connectivity index (χ0n) is 10.8. The molecular weight excluding hydrogens is 229 g/mol. The standard InChI is InChI=1S/C15H20FNO/c1-11-7-12(4-5-14(11)16)15(9-18-10-15)8-13-3-2-6-17-13/h4-5,7,13,17H,2-3,6,8-10H2,1H3. The first-order chi connectivity index (χ1) is 8.70. The van der Waals surface area contributed by atoms with Crippen molar-refractivity contribution in [1.29, 1.82) is 0 Å². The van der Waals surface area contributed by atoms with E-state index in [1.54, 1.807) is 6.07 Å². The van der Waals surface area contributed by atoms with Crippen LogP contribution in [0.25, 0.3) is 0 Å². The highest BCUT2D eigenvalue weighted by Gasteiger charge is 2.42. The second-order valence-corrected chi connectivity index (χ2v) is 5.73. The van der Waals surface area contributed by atoms with Crippen LogP contribution in [-0.4, -0.2) is 25.8 Å². The predicted octanol–water partition coefficient (Wildman–Crippen LogP) is 2.54. The number of halogens is 1. The van der Waals surface area contributed by atoms with Gasteiger partial charge in [0.2, 0.25) is 0 Å². The van der Waals surface area contributed by atoms with Gasteiger partial charge in [-0.3, -0.25) is 0 Å². The Morgan fingerprint density at radius 2 is 2.28 bits per heavy atom. The molecule has 98 valence electrons. The molecule has 1 atom stereocenters. The van der Waals surface area contributed by atoms with Crippen molar-refractivity contribution in [2.75, 3.05) is 19.8 Å². The fraction of sp³-hybridized carbons (Fsp3) is 0.600. The maximum Gasteiger partial charge on any atom is 0.126 e. The van der Waals surface area contributed by atoms with Crippen LogP contribution >= 0.6 is 0 Å². The Kier molecular flexibility index (Phi) is 3.12. The van der Waals surface area contributed by atoms with Gasteiger partial charge >= 0.3 is 0 Å². The largest absolute Gasteiger partial charge is 0.379 e. The number of ether oxygens (including phenoxy) is 1. The van der Waals surface area contributed by atoms with Crippen LogP contribution in [0.2, 0.25) is 0 Å². The lowest BCUT2D eigenvalue weighted by atomic mass is 9.73. The summed E-state index contributed by atoms with van der Waals surface area (Å²) in [5.41, 5.74) is 2.08. The summed E-state index contributed by atoms with van der Waals surface area (Å²) >= 11 is 0. The number of nitrogens with one attached hydrogen (secondary N) is 1.